The zero-order chi connectivity index (χ0) is 19.1. The summed E-state index contributed by atoms with van der Waals surface area (Å²) in [6.45, 7) is 2.08. The van der Waals surface area contributed by atoms with Gasteiger partial charge in [0.25, 0.3) is 5.91 Å². The summed E-state index contributed by atoms with van der Waals surface area (Å²) in [5, 5.41) is 11.9. The van der Waals surface area contributed by atoms with Gasteiger partial charge in [-0.3, -0.25) is 4.79 Å². The zero-order valence-corrected chi connectivity index (χ0v) is 16.1. The fraction of sp³-hybridized carbons (Fsp3) is 0.409. The van der Waals surface area contributed by atoms with Crippen molar-refractivity contribution in [3.8, 4) is 5.69 Å². The Bertz CT molecular complexity index is 1030. The highest BCUT2D eigenvalue weighted by Crippen LogP contribution is 2.32. The number of aromatic nitrogens is 3. The van der Waals surface area contributed by atoms with Gasteiger partial charge in [0.15, 0.2) is 5.69 Å². The topological polar surface area (TPSA) is 73.0 Å². The van der Waals surface area contributed by atoms with E-state index in [0.717, 1.165) is 67.5 Å². The predicted molar refractivity (Wildman–Crippen MR) is 105 cm³/mol. The van der Waals surface area contributed by atoms with E-state index >= 15 is 0 Å². The third-order valence-corrected chi connectivity index (χ3v) is 5.90. The van der Waals surface area contributed by atoms with Gasteiger partial charge >= 0.3 is 0 Å². The van der Waals surface area contributed by atoms with Crippen LogP contribution in [-0.2, 0) is 19.3 Å². The molecule has 5 rings (SSSR count). The van der Waals surface area contributed by atoms with Crippen LogP contribution in [0, 0.1) is 6.92 Å². The third kappa shape index (κ3) is 2.93. The van der Waals surface area contributed by atoms with E-state index in [-0.39, 0.29) is 11.9 Å². The van der Waals surface area contributed by atoms with Gasteiger partial charge < -0.3 is 9.84 Å². The van der Waals surface area contributed by atoms with Crippen molar-refractivity contribution in [2.45, 2.75) is 57.9 Å². The summed E-state index contributed by atoms with van der Waals surface area (Å²) in [5.74, 6) is 0.751. The van der Waals surface area contributed by atoms with Gasteiger partial charge in [-0.2, -0.15) is 5.10 Å². The minimum Gasteiger partial charge on any atom is -0.360 e. The molecule has 6 nitrogen and oxygen atoms in total. The van der Waals surface area contributed by atoms with Gasteiger partial charge in [-0.15, -0.1) is 0 Å². The Balaban J connectivity index is 1.41. The minimum atomic E-state index is -0.131. The lowest BCUT2D eigenvalue weighted by atomic mass is 9.92. The highest BCUT2D eigenvalue weighted by Gasteiger charge is 2.29. The lowest BCUT2D eigenvalue weighted by molar-refractivity contribution is 0.0922. The maximum absolute atomic E-state index is 12.9. The summed E-state index contributed by atoms with van der Waals surface area (Å²) in [5.41, 5.74) is 6.03. The van der Waals surface area contributed by atoms with E-state index in [1.54, 1.807) is 0 Å². The summed E-state index contributed by atoms with van der Waals surface area (Å²) < 4.78 is 7.43. The van der Waals surface area contributed by atoms with Gasteiger partial charge in [0.2, 0.25) is 0 Å². The SMILES string of the molecule is Cc1cccc(-n2ncc3c2CCCC3NC(=O)c2noc3c2CCCC3)c1. The van der Waals surface area contributed by atoms with Crippen molar-refractivity contribution in [3.05, 3.63) is 64.3 Å². The Morgan fingerprint density at radius 1 is 1.21 bits per heavy atom. The molecule has 2 aliphatic carbocycles. The largest absolute Gasteiger partial charge is 0.360 e. The second-order valence-electron chi connectivity index (χ2n) is 7.86. The highest BCUT2D eigenvalue weighted by molar-refractivity contribution is 5.94. The van der Waals surface area contributed by atoms with Crippen LogP contribution in [0.2, 0.25) is 0 Å². The summed E-state index contributed by atoms with van der Waals surface area (Å²) in [6, 6.07) is 8.31. The number of carbonyl (C=O) groups is 1. The van der Waals surface area contributed by atoms with Crippen LogP contribution in [0.15, 0.2) is 35.0 Å². The molecule has 0 spiro atoms. The number of rotatable bonds is 3. The molecule has 1 N–H and O–H groups in total. The molecule has 1 amide bonds. The van der Waals surface area contributed by atoms with Crippen LogP contribution in [0.1, 0.15) is 70.4 Å². The van der Waals surface area contributed by atoms with Crippen molar-refractivity contribution in [1.82, 2.24) is 20.3 Å². The summed E-state index contributed by atoms with van der Waals surface area (Å²) in [7, 11) is 0. The molecular formula is C22H24N4O2. The average Bonchev–Trinajstić information content (AvgIpc) is 3.33. The monoisotopic (exact) mass is 376 g/mol. The van der Waals surface area contributed by atoms with Gasteiger partial charge in [-0.05, 0) is 63.1 Å². The number of fused-ring (bicyclic) bond motifs is 2. The molecule has 3 aromatic rings. The fourth-order valence-electron chi connectivity index (χ4n) is 4.48. The van der Waals surface area contributed by atoms with Gasteiger partial charge in [0, 0.05) is 23.2 Å². The van der Waals surface area contributed by atoms with Gasteiger partial charge in [0.05, 0.1) is 17.9 Å². The normalized spacial score (nSPS) is 18.4. The van der Waals surface area contributed by atoms with E-state index < -0.39 is 0 Å². The van der Waals surface area contributed by atoms with Crippen molar-refractivity contribution in [3.63, 3.8) is 0 Å². The molecule has 0 fully saturated rings. The molecule has 0 radical (unpaired) electrons. The molecule has 0 saturated heterocycles. The quantitative estimate of drug-likeness (QED) is 0.753. The zero-order valence-electron chi connectivity index (χ0n) is 16.1. The standard InChI is InChI=1S/C22H24N4O2/c1-14-6-4-7-15(12-14)26-19-10-5-9-18(17(19)13-23-26)24-22(27)21-16-8-2-3-11-20(16)28-25-21/h4,6-7,12-13,18H,2-3,5,8-11H2,1H3,(H,24,27). The molecule has 144 valence electrons. The number of amides is 1. The first-order chi connectivity index (χ1) is 13.7. The molecule has 1 atom stereocenters. The number of hydrogen-bond acceptors (Lipinski definition) is 4. The maximum atomic E-state index is 12.9. The third-order valence-electron chi connectivity index (χ3n) is 5.90. The van der Waals surface area contributed by atoms with Crippen LogP contribution in [0.3, 0.4) is 0 Å². The second kappa shape index (κ2) is 6.93. The van der Waals surface area contributed by atoms with Gasteiger partial charge in [0.1, 0.15) is 5.76 Å². The number of benzene rings is 1. The number of hydrogen-bond donors (Lipinski definition) is 1. The average molecular weight is 376 g/mol. The van der Waals surface area contributed by atoms with Crippen LogP contribution < -0.4 is 5.32 Å². The first-order valence-electron chi connectivity index (χ1n) is 10.1. The molecule has 28 heavy (non-hydrogen) atoms. The first-order valence-corrected chi connectivity index (χ1v) is 10.1. The second-order valence-corrected chi connectivity index (χ2v) is 7.86. The van der Waals surface area contributed by atoms with E-state index in [1.807, 2.05) is 10.9 Å². The van der Waals surface area contributed by atoms with Crippen LogP contribution in [0.4, 0.5) is 0 Å². The van der Waals surface area contributed by atoms with Gasteiger partial charge in [-0.1, -0.05) is 17.3 Å². The van der Waals surface area contributed by atoms with Crippen LogP contribution in [0.25, 0.3) is 5.69 Å². The molecule has 1 aromatic carbocycles. The summed E-state index contributed by atoms with van der Waals surface area (Å²) in [4.78, 5) is 12.9. The van der Waals surface area contributed by atoms with Crippen molar-refractivity contribution < 1.29 is 9.32 Å². The van der Waals surface area contributed by atoms with E-state index in [4.69, 9.17) is 4.52 Å². The molecule has 2 aromatic heterocycles. The van der Waals surface area contributed by atoms with Crippen molar-refractivity contribution in [2.24, 2.45) is 0 Å². The molecule has 2 aliphatic rings. The lowest BCUT2D eigenvalue weighted by Crippen LogP contribution is -2.32. The Morgan fingerprint density at radius 3 is 3.00 bits per heavy atom. The summed E-state index contributed by atoms with van der Waals surface area (Å²) >= 11 is 0. The summed E-state index contributed by atoms with van der Waals surface area (Å²) in [6.07, 6.45) is 8.76. The fourth-order valence-corrected chi connectivity index (χ4v) is 4.48. The van der Waals surface area contributed by atoms with E-state index in [2.05, 4.69) is 46.8 Å². The number of carbonyl (C=O) groups excluding carboxylic acids is 1. The Labute approximate surface area is 163 Å². The Hall–Kier alpha value is -2.89. The Kier molecular flexibility index (Phi) is 4.26. The van der Waals surface area contributed by atoms with Crippen LogP contribution in [-0.4, -0.2) is 20.8 Å². The highest BCUT2D eigenvalue weighted by atomic mass is 16.5. The van der Waals surface area contributed by atoms with E-state index in [1.165, 1.54) is 11.3 Å². The molecule has 0 saturated carbocycles. The van der Waals surface area contributed by atoms with Crippen molar-refractivity contribution in [2.75, 3.05) is 0 Å². The van der Waals surface area contributed by atoms with E-state index in [9.17, 15) is 4.79 Å². The number of aryl methyl sites for hydroxylation is 2. The van der Waals surface area contributed by atoms with Crippen LogP contribution >= 0.6 is 0 Å². The maximum Gasteiger partial charge on any atom is 0.274 e. The molecule has 2 heterocycles. The van der Waals surface area contributed by atoms with Crippen molar-refractivity contribution in [1.29, 1.82) is 0 Å². The number of nitrogens with one attached hydrogen (secondary N) is 1. The predicted octanol–water partition coefficient (Wildman–Crippen LogP) is 3.85. The first kappa shape index (κ1) is 17.2. The van der Waals surface area contributed by atoms with E-state index in [0.29, 0.717) is 5.69 Å². The molecule has 0 bridgehead atoms. The molecular weight excluding hydrogens is 352 g/mol. The smallest absolute Gasteiger partial charge is 0.274 e. The number of nitrogens with zero attached hydrogens (tertiary/aromatic N) is 3. The molecule has 6 heteroatoms. The Morgan fingerprint density at radius 2 is 2.11 bits per heavy atom. The van der Waals surface area contributed by atoms with Crippen LogP contribution in [0.5, 0.6) is 0 Å². The lowest BCUT2D eigenvalue weighted by Gasteiger charge is -2.24. The molecule has 1 unspecified atom stereocenters. The van der Waals surface area contributed by atoms with Crippen molar-refractivity contribution >= 4 is 5.91 Å². The minimum absolute atomic E-state index is 0.0363. The van der Waals surface area contributed by atoms with Gasteiger partial charge in [-0.25, -0.2) is 4.68 Å². The molecule has 0 aliphatic heterocycles.